The van der Waals surface area contributed by atoms with Crippen LogP contribution >= 0.6 is 0 Å². The molecule has 1 aromatic heterocycles. The molecular weight excluding hydrogens is 418 g/mol. The smallest absolute Gasteiger partial charge is 0.251 e. The molecule has 1 amide bonds. The highest BCUT2D eigenvalue weighted by atomic mass is 16.1. The van der Waals surface area contributed by atoms with Crippen LogP contribution in [0.3, 0.4) is 0 Å². The van der Waals surface area contributed by atoms with Gasteiger partial charge in [-0.15, -0.1) is 0 Å². The van der Waals surface area contributed by atoms with Crippen molar-refractivity contribution in [2.45, 2.75) is 25.4 Å². The Morgan fingerprint density at radius 1 is 0.882 bits per heavy atom. The number of piperidine rings is 1. The summed E-state index contributed by atoms with van der Waals surface area (Å²) >= 11 is 0. The third-order valence-electron chi connectivity index (χ3n) is 6.48. The number of hydrogen-bond donors (Lipinski definition) is 1. The van der Waals surface area contributed by atoms with Crippen molar-refractivity contribution in [3.05, 3.63) is 113 Å². The minimum atomic E-state index is 0.0113. The van der Waals surface area contributed by atoms with Crippen molar-refractivity contribution >= 4 is 29.0 Å². The Labute approximate surface area is 201 Å². The third-order valence-corrected chi connectivity index (χ3v) is 6.48. The van der Waals surface area contributed by atoms with Crippen LogP contribution in [0.15, 0.2) is 91.1 Å². The van der Waals surface area contributed by atoms with E-state index in [0.29, 0.717) is 5.56 Å². The number of pyridine rings is 1. The van der Waals surface area contributed by atoms with Gasteiger partial charge in [0.1, 0.15) is 0 Å². The van der Waals surface area contributed by atoms with Crippen LogP contribution in [0.5, 0.6) is 0 Å². The molecule has 4 heteroatoms. The van der Waals surface area contributed by atoms with E-state index >= 15 is 0 Å². The lowest BCUT2D eigenvalue weighted by atomic mass is 10.0. The topological polar surface area (TPSA) is 45.2 Å². The largest absolute Gasteiger partial charge is 0.349 e. The van der Waals surface area contributed by atoms with E-state index in [9.17, 15) is 4.79 Å². The molecule has 4 nitrogen and oxygen atoms in total. The number of carbonyl (C=O) groups is 1. The van der Waals surface area contributed by atoms with E-state index in [4.69, 9.17) is 0 Å². The van der Waals surface area contributed by atoms with Gasteiger partial charge in [-0.2, -0.15) is 0 Å². The molecule has 34 heavy (non-hydrogen) atoms. The van der Waals surface area contributed by atoms with Crippen LogP contribution in [-0.2, 0) is 6.54 Å². The molecule has 0 bridgehead atoms. The van der Waals surface area contributed by atoms with Crippen molar-refractivity contribution < 1.29 is 4.79 Å². The van der Waals surface area contributed by atoms with E-state index in [1.807, 2.05) is 54.7 Å². The molecule has 0 atom stereocenters. The molecule has 1 saturated heterocycles. The number of nitrogens with zero attached hydrogens (tertiary/aromatic N) is 2. The van der Waals surface area contributed by atoms with Crippen LogP contribution in [0.25, 0.3) is 23.1 Å². The number of rotatable bonds is 6. The number of fused-ring (bicyclic) bond motifs is 1. The molecule has 1 fully saturated rings. The SMILES string of the molecule is O=C(NC1CCN(Cc2ccccc2)CC1)c1ccc(/C=C/c2ccnc3ccccc23)cc1. The monoisotopic (exact) mass is 447 g/mol. The minimum Gasteiger partial charge on any atom is -0.349 e. The zero-order valence-electron chi connectivity index (χ0n) is 19.2. The zero-order valence-corrected chi connectivity index (χ0v) is 19.2. The van der Waals surface area contributed by atoms with E-state index in [2.05, 4.69) is 63.8 Å². The summed E-state index contributed by atoms with van der Waals surface area (Å²) in [7, 11) is 0. The highest BCUT2D eigenvalue weighted by Gasteiger charge is 2.21. The lowest BCUT2D eigenvalue weighted by molar-refractivity contribution is 0.0909. The Kier molecular flexibility index (Phi) is 6.78. The average molecular weight is 448 g/mol. The number of hydrogen-bond acceptors (Lipinski definition) is 3. The lowest BCUT2D eigenvalue weighted by Gasteiger charge is -2.32. The van der Waals surface area contributed by atoms with Gasteiger partial charge in [-0.1, -0.05) is 72.8 Å². The third kappa shape index (κ3) is 5.41. The molecule has 1 aliphatic heterocycles. The molecule has 1 aliphatic rings. The Morgan fingerprint density at radius 2 is 1.62 bits per heavy atom. The number of aromatic nitrogens is 1. The van der Waals surface area contributed by atoms with Crippen molar-refractivity contribution in [2.75, 3.05) is 13.1 Å². The van der Waals surface area contributed by atoms with Crippen molar-refractivity contribution in [1.82, 2.24) is 15.2 Å². The first-order valence-corrected chi connectivity index (χ1v) is 11.9. The Morgan fingerprint density at radius 3 is 2.41 bits per heavy atom. The summed E-state index contributed by atoms with van der Waals surface area (Å²) in [5.41, 5.74) is 5.23. The molecule has 170 valence electrons. The Balaban J connectivity index is 1.15. The van der Waals surface area contributed by atoms with Gasteiger partial charge in [0.05, 0.1) is 5.52 Å². The Hall–Kier alpha value is -3.76. The summed E-state index contributed by atoms with van der Waals surface area (Å²) in [5.74, 6) is 0.0113. The van der Waals surface area contributed by atoms with Crippen LogP contribution in [0.1, 0.15) is 39.9 Å². The molecule has 0 aliphatic carbocycles. The van der Waals surface area contributed by atoms with Crippen LogP contribution in [0.2, 0.25) is 0 Å². The fraction of sp³-hybridized carbons (Fsp3) is 0.200. The first-order chi connectivity index (χ1) is 16.7. The molecule has 3 aromatic carbocycles. The summed E-state index contributed by atoms with van der Waals surface area (Å²) in [6, 6.07) is 28.8. The van der Waals surface area contributed by atoms with Gasteiger partial charge in [-0.3, -0.25) is 14.7 Å². The number of likely N-dealkylation sites (tertiary alicyclic amines) is 1. The summed E-state index contributed by atoms with van der Waals surface area (Å²) < 4.78 is 0. The predicted molar refractivity (Wildman–Crippen MR) is 139 cm³/mol. The van der Waals surface area contributed by atoms with E-state index in [1.165, 1.54) is 5.56 Å². The molecule has 0 spiro atoms. The number of carbonyl (C=O) groups excluding carboxylic acids is 1. The van der Waals surface area contributed by atoms with E-state index in [0.717, 1.165) is 54.5 Å². The first-order valence-electron chi connectivity index (χ1n) is 11.9. The Bertz CT molecular complexity index is 1270. The van der Waals surface area contributed by atoms with E-state index < -0.39 is 0 Å². The highest BCUT2D eigenvalue weighted by molar-refractivity contribution is 5.95. The van der Waals surface area contributed by atoms with Crippen molar-refractivity contribution in [1.29, 1.82) is 0 Å². The van der Waals surface area contributed by atoms with Crippen LogP contribution in [-0.4, -0.2) is 34.9 Å². The molecule has 2 heterocycles. The molecular formula is C30H29N3O. The molecule has 0 unspecified atom stereocenters. The maximum atomic E-state index is 12.8. The molecule has 5 rings (SSSR count). The minimum absolute atomic E-state index is 0.0113. The fourth-order valence-corrected chi connectivity index (χ4v) is 4.54. The molecule has 0 saturated carbocycles. The number of para-hydroxylation sites is 1. The van der Waals surface area contributed by atoms with Crippen molar-refractivity contribution in [3.63, 3.8) is 0 Å². The summed E-state index contributed by atoms with van der Waals surface area (Å²) in [6.07, 6.45) is 7.98. The second-order valence-corrected chi connectivity index (χ2v) is 8.88. The van der Waals surface area contributed by atoms with Gasteiger partial charge in [0, 0.05) is 42.8 Å². The number of benzene rings is 3. The van der Waals surface area contributed by atoms with Gasteiger partial charge in [0.15, 0.2) is 0 Å². The van der Waals surface area contributed by atoms with Crippen LogP contribution in [0.4, 0.5) is 0 Å². The fourth-order valence-electron chi connectivity index (χ4n) is 4.54. The average Bonchev–Trinajstić information content (AvgIpc) is 2.89. The standard InChI is InChI=1S/C30H29N3O/c34-30(32-27-17-20-33(21-18-27)22-24-6-2-1-3-7-24)26-14-11-23(12-15-26)10-13-25-16-19-31-29-9-5-4-8-28(25)29/h1-16,19,27H,17-18,20-22H2,(H,32,34)/b13-10+. The maximum absolute atomic E-state index is 12.8. The normalized spacial score (nSPS) is 15.1. The number of nitrogens with one attached hydrogen (secondary N) is 1. The van der Waals surface area contributed by atoms with Gasteiger partial charge >= 0.3 is 0 Å². The second-order valence-electron chi connectivity index (χ2n) is 8.88. The second kappa shape index (κ2) is 10.4. The van der Waals surface area contributed by atoms with E-state index in [-0.39, 0.29) is 11.9 Å². The predicted octanol–water partition coefficient (Wildman–Crippen LogP) is 5.80. The maximum Gasteiger partial charge on any atom is 0.251 e. The van der Waals surface area contributed by atoms with Crippen molar-refractivity contribution in [2.24, 2.45) is 0 Å². The van der Waals surface area contributed by atoms with Gasteiger partial charge in [0.25, 0.3) is 5.91 Å². The van der Waals surface area contributed by atoms with Crippen molar-refractivity contribution in [3.8, 4) is 0 Å². The van der Waals surface area contributed by atoms with E-state index in [1.54, 1.807) is 0 Å². The van der Waals surface area contributed by atoms with Gasteiger partial charge in [-0.05, 0) is 53.8 Å². The summed E-state index contributed by atoms with van der Waals surface area (Å²) in [5, 5.41) is 4.36. The lowest BCUT2D eigenvalue weighted by Crippen LogP contribution is -2.44. The molecule has 0 radical (unpaired) electrons. The zero-order chi connectivity index (χ0) is 23.2. The summed E-state index contributed by atoms with van der Waals surface area (Å²) in [6.45, 7) is 2.99. The van der Waals surface area contributed by atoms with Crippen LogP contribution < -0.4 is 5.32 Å². The summed E-state index contributed by atoms with van der Waals surface area (Å²) in [4.78, 5) is 19.7. The van der Waals surface area contributed by atoms with Crippen LogP contribution in [0, 0.1) is 0 Å². The van der Waals surface area contributed by atoms with Gasteiger partial charge in [0.2, 0.25) is 0 Å². The quantitative estimate of drug-likeness (QED) is 0.406. The molecule has 1 N–H and O–H groups in total. The number of amides is 1. The molecule has 4 aromatic rings. The van der Waals surface area contributed by atoms with Gasteiger partial charge in [-0.25, -0.2) is 0 Å². The van der Waals surface area contributed by atoms with Gasteiger partial charge < -0.3 is 5.32 Å². The highest BCUT2D eigenvalue weighted by Crippen LogP contribution is 2.19. The first kappa shape index (κ1) is 22.1.